The van der Waals surface area contributed by atoms with Gasteiger partial charge >= 0.3 is 0 Å². The summed E-state index contributed by atoms with van der Waals surface area (Å²) in [5.74, 6) is -3.14. The zero-order chi connectivity index (χ0) is 26.3. The Morgan fingerprint density at radius 3 is 2.43 bits per heavy atom. The number of aryl methyl sites for hydroxylation is 2. The second-order valence-corrected chi connectivity index (χ2v) is 10.3. The number of benzene rings is 1. The summed E-state index contributed by atoms with van der Waals surface area (Å²) in [4.78, 5) is 22.7. The quantitative estimate of drug-likeness (QED) is 0.289. The summed E-state index contributed by atoms with van der Waals surface area (Å²) in [6.07, 6.45) is 4.53. The molecule has 4 nitrogen and oxygen atoms in total. The number of fused-ring (bicyclic) bond motifs is 1. The van der Waals surface area contributed by atoms with E-state index in [1.807, 2.05) is 38.1 Å². The van der Waals surface area contributed by atoms with Crippen LogP contribution in [0.5, 0.6) is 0 Å². The van der Waals surface area contributed by atoms with Crippen molar-refractivity contribution in [1.82, 2.24) is 14.5 Å². The lowest BCUT2D eigenvalue weighted by molar-refractivity contribution is 0.0160. The third kappa shape index (κ3) is 4.91. The van der Waals surface area contributed by atoms with E-state index in [1.165, 1.54) is 29.0 Å². The van der Waals surface area contributed by atoms with Crippen LogP contribution in [0.3, 0.4) is 0 Å². The van der Waals surface area contributed by atoms with Gasteiger partial charge in [-0.2, -0.15) is 0 Å². The molecular formula is C30H30F3N3O. The third-order valence-electron chi connectivity index (χ3n) is 7.62. The number of hydrogen-bond donors (Lipinski definition) is 0. The second kappa shape index (κ2) is 9.77. The van der Waals surface area contributed by atoms with Gasteiger partial charge in [0.05, 0.1) is 12.2 Å². The van der Waals surface area contributed by atoms with Crippen molar-refractivity contribution >= 4 is 11.0 Å². The molecule has 7 heteroatoms. The van der Waals surface area contributed by atoms with Crippen molar-refractivity contribution in [2.45, 2.75) is 70.8 Å². The Balaban J connectivity index is 1.53. The molecule has 192 valence electrons. The van der Waals surface area contributed by atoms with E-state index in [0.717, 1.165) is 54.8 Å². The maximum absolute atomic E-state index is 14.6. The van der Waals surface area contributed by atoms with Crippen molar-refractivity contribution in [1.29, 1.82) is 0 Å². The average Bonchev–Trinajstić information content (AvgIpc) is 2.86. The molecule has 0 N–H and O–H groups in total. The van der Waals surface area contributed by atoms with Gasteiger partial charge in [-0.05, 0) is 98.9 Å². The van der Waals surface area contributed by atoms with Crippen LogP contribution in [0.25, 0.3) is 11.0 Å². The molecule has 3 aromatic heterocycles. The first-order valence-electron chi connectivity index (χ1n) is 12.7. The van der Waals surface area contributed by atoms with Crippen molar-refractivity contribution in [3.63, 3.8) is 0 Å². The number of nitrogens with zero attached hydrogens (tertiary/aromatic N) is 3. The first-order valence-corrected chi connectivity index (χ1v) is 12.7. The Kier molecular flexibility index (Phi) is 6.65. The SMILES string of the molecule is Cc1ccc2cc(C3CCC(c4c(C)cccc4F)CC3)c(=O)n(Cc3ncccc3C(C)(F)F)c2n1. The molecule has 1 aromatic carbocycles. The predicted molar refractivity (Wildman–Crippen MR) is 139 cm³/mol. The molecular weight excluding hydrogens is 475 g/mol. The highest BCUT2D eigenvalue weighted by Gasteiger charge is 2.30. The molecule has 1 aliphatic carbocycles. The molecule has 3 heterocycles. The van der Waals surface area contributed by atoms with Crippen molar-refractivity contribution in [2.75, 3.05) is 0 Å². The zero-order valence-electron chi connectivity index (χ0n) is 21.3. The standard InChI is InChI=1S/C30H30F3N3O/c1-18-6-4-8-25(31)27(18)21-13-11-20(12-14-21)23-16-22-10-9-19(2)35-28(22)36(29(23)37)17-26-24(30(3,32)33)7-5-15-34-26/h4-10,15-16,20-21H,11-14,17H2,1-3H3. The lowest BCUT2D eigenvalue weighted by Crippen LogP contribution is -2.29. The van der Waals surface area contributed by atoms with Crippen LogP contribution in [0.4, 0.5) is 13.2 Å². The predicted octanol–water partition coefficient (Wildman–Crippen LogP) is 7.15. The van der Waals surface area contributed by atoms with Gasteiger partial charge in [0.1, 0.15) is 11.5 Å². The number of rotatable bonds is 5. The Morgan fingerprint density at radius 2 is 1.73 bits per heavy atom. The molecule has 1 fully saturated rings. The van der Waals surface area contributed by atoms with E-state index in [9.17, 15) is 18.0 Å². The molecule has 0 bridgehead atoms. The van der Waals surface area contributed by atoms with Gasteiger partial charge in [-0.3, -0.25) is 14.3 Å². The summed E-state index contributed by atoms with van der Waals surface area (Å²) in [6, 6.07) is 13.7. The third-order valence-corrected chi connectivity index (χ3v) is 7.62. The molecule has 1 aliphatic rings. The molecule has 0 spiro atoms. The van der Waals surface area contributed by atoms with E-state index in [0.29, 0.717) is 11.2 Å². The first-order chi connectivity index (χ1) is 17.6. The largest absolute Gasteiger partial charge is 0.286 e. The highest BCUT2D eigenvalue weighted by Crippen LogP contribution is 2.42. The van der Waals surface area contributed by atoms with Crippen molar-refractivity contribution in [3.05, 3.63) is 105 Å². The van der Waals surface area contributed by atoms with Gasteiger partial charge in [-0.1, -0.05) is 12.1 Å². The summed E-state index contributed by atoms with van der Waals surface area (Å²) in [5.41, 5.74) is 3.30. The lowest BCUT2D eigenvalue weighted by Gasteiger charge is -2.30. The molecule has 0 radical (unpaired) electrons. The fraction of sp³-hybridized carbons (Fsp3) is 0.367. The minimum atomic E-state index is -3.09. The molecule has 37 heavy (non-hydrogen) atoms. The molecule has 0 amide bonds. The van der Waals surface area contributed by atoms with E-state index in [-0.39, 0.29) is 41.0 Å². The number of hydrogen-bond acceptors (Lipinski definition) is 3. The molecule has 5 rings (SSSR count). The number of pyridine rings is 3. The summed E-state index contributed by atoms with van der Waals surface area (Å²) >= 11 is 0. The van der Waals surface area contributed by atoms with Crippen molar-refractivity contribution in [3.8, 4) is 0 Å². The maximum Gasteiger partial charge on any atom is 0.272 e. The van der Waals surface area contributed by atoms with Crippen molar-refractivity contribution in [2.24, 2.45) is 0 Å². The minimum absolute atomic E-state index is 0.00333. The molecule has 0 saturated heterocycles. The Labute approximate surface area is 214 Å². The van der Waals surface area contributed by atoms with E-state index in [4.69, 9.17) is 0 Å². The van der Waals surface area contributed by atoms with E-state index in [2.05, 4.69) is 9.97 Å². The fourth-order valence-electron chi connectivity index (χ4n) is 5.77. The zero-order valence-corrected chi connectivity index (χ0v) is 21.3. The van der Waals surface area contributed by atoms with E-state index in [1.54, 1.807) is 6.07 Å². The molecule has 0 aliphatic heterocycles. The van der Waals surface area contributed by atoms with Gasteiger partial charge in [0.15, 0.2) is 0 Å². The Morgan fingerprint density at radius 1 is 1.00 bits per heavy atom. The first kappa shape index (κ1) is 25.2. The second-order valence-electron chi connectivity index (χ2n) is 10.3. The number of alkyl halides is 2. The van der Waals surface area contributed by atoms with Crippen LogP contribution in [-0.4, -0.2) is 14.5 Å². The normalized spacial score (nSPS) is 18.3. The Bertz CT molecular complexity index is 1500. The van der Waals surface area contributed by atoms with Crippen LogP contribution >= 0.6 is 0 Å². The molecule has 1 saturated carbocycles. The summed E-state index contributed by atoms with van der Waals surface area (Å²) in [5, 5.41) is 0.785. The van der Waals surface area contributed by atoms with Crippen LogP contribution in [0.2, 0.25) is 0 Å². The van der Waals surface area contributed by atoms with Gasteiger partial charge in [0.2, 0.25) is 0 Å². The lowest BCUT2D eigenvalue weighted by atomic mass is 9.75. The van der Waals surface area contributed by atoms with E-state index < -0.39 is 5.92 Å². The van der Waals surface area contributed by atoms with Gasteiger partial charge in [-0.15, -0.1) is 0 Å². The summed E-state index contributed by atoms with van der Waals surface area (Å²) in [7, 11) is 0. The van der Waals surface area contributed by atoms with Crippen LogP contribution in [-0.2, 0) is 12.5 Å². The fourth-order valence-corrected chi connectivity index (χ4v) is 5.77. The van der Waals surface area contributed by atoms with Gasteiger partial charge < -0.3 is 0 Å². The van der Waals surface area contributed by atoms with Crippen LogP contribution in [0.1, 0.15) is 78.1 Å². The molecule has 4 aromatic rings. The van der Waals surface area contributed by atoms with Crippen LogP contribution in [0, 0.1) is 19.7 Å². The smallest absolute Gasteiger partial charge is 0.272 e. The van der Waals surface area contributed by atoms with Crippen LogP contribution < -0.4 is 5.56 Å². The van der Waals surface area contributed by atoms with Crippen molar-refractivity contribution < 1.29 is 13.2 Å². The topological polar surface area (TPSA) is 47.8 Å². The molecule has 0 atom stereocenters. The van der Waals surface area contributed by atoms with Gasteiger partial charge in [0.25, 0.3) is 11.5 Å². The van der Waals surface area contributed by atoms with Crippen LogP contribution in [0.15, 0.2) is 59.5 Å². The summed E-state index contributed by atoms with van der Waals surface area (Å²) in [6.45, 7) is 4.51. The Hall–Kier alpha value is -3.48. The maximum atomic E-state index is 14.6. The highest BCUT2D eigenvalue weighted by molar-refractivity contribution is 5.76. The van der Waals surface area contributed by atoms with Gasteiger partial charge in [-0.25, -0.2) is 18.2 Å². The number of halogens is 3. The summed E-state index contributed by atoms with van der Waals surface area (Å²) < 4.78 is 44.7. The minimum Gasteiger partial charge on any atom is -0.286 e. The van der Waals surface area contributed by atoms with E-state index >= 15 is 0 Å². The number of aromatic nitrogens is 3. The average molecular weight is 506 g/mol. The molecule has 0 unspecified atom stereocenters. The van der Waals surface area contributed by atoms with Gasteiger partial charge in [0, 0.05) is 35.3 Å². The highest BCUT2D eigenvalue weighted by atomic mass is 19.3. The monoisotopic (exact) mass is 505 g/mol.